The molecule has 240 valence electrons. The third-order valence-electron chi connectivity index (χ3n) is 7.44. The molecular weight excluding hydrogens is 576 g/mol. The molecule has 44 heavy (non-hydrogen) atoms. The highest BCUT2D eigenvalue weighted by atomic mass is 28.3. The van der Waals surface area contributed by atoms with E-state index in [0.29, 0.717) is 49.6 Å². The van der Waals surface area contributed by atoms with Crippen LogP contribution in [0.5, 0.6) is 5.75 Å². The summed E-state index contributed by atoms with van der Waals surface area (Å²) in [6, 6.07) is 6.90. The number of benzene rings is 1. The molecule has 12 nitrogen and oxygen atoms in total. The van der Waals surface area contributed by atoms with E-state index in [2.05, 4.69) is 51.6 Å². The van der Waals surface area contributed by atoms with Crippen molar-refractivity contribution in [2.45, 2.75) is 32.4 Å². The number of rotatable bonds is 15. The number of methoxy groups -OCH3 is 1. The highest BCUT2D eigenvalue weighted by Crippen LogP contribution is 2.38. The van der Waals surface area contributed by atoms with Gasteiger partial charge in [-0.3, -0.25) is 4.79 Å². The first-order valence-electron chi connectivity index (χ1n) is 15.0. The van der Waals surface area contributed by atoms with Crippen LogP contribution in [-0.4, -0.2) is 108 Å². The third kappa shape index (κ3) is 8.71. The first kappa shape index (κ1) is 33.2. The average Bonchev–Trinajstić information content (AvgIpc) is 3.40. The van der Waals surface area contributed by atoms with Gasteiger partial charge in [0.2, 0.25) is 11.9 Å². The number of aromatic nitrogens is 3. The standard InChI is InChI=1S/C31H48N8O4Si/c1-9-28(40)32-24-20-25(27(41-5)21-26(24)37(4)13-12-36(2)3)33-31-34-29(38-14-16-42-17-15-38)23-10-11-39(30(23)35-31)22-43-18-19-44(6,7)8/h9-11,20-21H,1,12-19,22H2,2-8H3,(H,32,40)(H,33,34,35). The van der Waals surface area contributed by atoms with Crippen LogP contribution in [0.1, 0.15) is 0 Å². The zero-order chi connectivity index (χ0) is 31.9. The Hall–Kier alpha value is -3.65. The summed E-state index contributed by atoms with van der Waals surface area (Å²) < 4.78 is 19.5. The Balaban J connectivity index is 1.72. The molecule has 2 aromatic heterocycles. The summed E-state index contributed by atoms with van der Waals surface area (Å²) in [7, 11) is 6.46. The maximum Gasteiger partial charge on any atom is 0.247 e. The molecule has 0 radical (unpaired) electrons. The second-order valence-corrected chi connectivity index (χ2v) is 18.1. The molecule has 1 saturated heterocycles. The van der Waals surface area contributed by atoms with E-state index in [0.717, 1.165) is 54.8 Å². The minimum Gasteiger partial charge on any atom is -0.494 e. The SMILES string of the molecule is C=CC(=O)Nc1cc(Nc2nc(N3CCOCC3)c3ccn(COCC[Si](C)(C)C)c3n2)c(OC)cc1N(C)CCN(C)C. The maximum absolute atomic E-state index is 12.4. The predicted molar refractivity (Wildman–Crippen MR) is 182 cm³/mol. The smallest absolute Gasteiger partial charge is 0.247 e. The summed E-state index contributed by atoms with van der Waals surface area (Å²) in [4.78, 5) is 28.8. The molecular formula is C31H48N8O4Si. The Morgan fingerprint density at radius 2 is 1.89 bits per heavy atom. The van der Waals surface area contributed by atoms with Crippen LogP contribution in [0.3, 0.4) is 0 Å². The highest BCUT2D eigenvalue weighted by molar-refractivity contribution is 6.76. The largest absolute Gasteiger partial charge is 0.494 e. The number of likely N-dealkylation sites (N-methyl/N-ethyl adjacent to an activating group) is 2. The van der Waals surface area contributed by atoms with Crippen LogP contribution in [0, 0.1) is 0 Å². The molecule has 0 atom stereocenters. The monoisotopic (exact) mass is 624 g/mol. The van der Waals surface area contributed by atoms with Gasteiger partial charge in [0.1, 0.15) is 23.9 Å². The lowest BCUT2D eigenvalue weighted by atomic mass is 10.2. The zero-order valence-corrected chi connectivity index (χ0v) is 28.3. The van der Waals surface area contributed by atoms with E-state index in [4.69, 9.17) is 24.2 Å². The van der Waals surface area contributed by atoms with E-state index in [1.54, 1.807) is 7.11 Å². The molecule has 4 rings (SSSR count). The van der Waals surface area contributed by atoms with Crippen molar-refractivity contribution in [1.29, 1.82) is 0 Å². The molecule has 2 N–H and O–H groups in total. The van der Waals surface area contributed by atoms with Crippen molar-refractivity contribution in [3.63, 3.8) is 0 Å². The van der Waals surface area contributed by atoms with E-state index in [1.807, 2.05) is 50.1 Å². The summed E-state index contributed by atoms with van der Waals surface area (Å²) in [6.07, 6.45) is 3.26. The van der Waals surface area contributed by atoms with Crippen molar-refractivity contribution in [1.82, 2.24) is 19.4 Å². The van der Waals surface area contributed by atoms with Crippen molar-refractivity contribution in [2.75, 3.05) is 94.7 Å². The van der Waals surface area contributed by atoms with Crippen molar-refractivity contribution < 1.29 is 19.0 Å². The number of nitrogens with zero attached hydrogens (tertiary/aromatic N) is 6. The lowest BCUT2D eigenvalue weighted by Crippen LogP contribution is -2.37. The van der Waals surface area contributed by atoms with Crippen LogP contribution in [0.4, 0.5) is 28.8 Å². The molecule has 0 unspecified atom stereocenters. The van der Waals surface area contributed by atoms with E-state index in [1.165, 1.54) is 6.08 Å². The molecule has 0 spiro atoms. The molecule has 0 aliphatic carbocycles. The van der Waals surface area contributed by atoms with Crippen molar-refractivity contribution in [3.8, 4) is 5.75 Å². The van der Waals surface area contributed by atoms with Gasteiger partial charge in [0.25, 0.3) is 0 Å². The van der Waals surface area contributed by atoms with E-state index in [9.17, 15) is 4.79 Å². The molecule has 1 amide bonds. The van der Waals surface area contributed by atoms with Crippen LogP contribution in [0.15, 0.2) is 37.1 Å². The second-order valence-electron chi connectivity index (χ2n) is 12.5. The number of hydrogen-bond acceptors (Lipinski definition) is 10. The molecule has 1 aliphatic rings. The highest BCUT2D eigenvalue weighted by Gasteiger charge is 2.22. The lowest BCUT2D eigenvalue weighted by Gasteiger charge is -2.28. The number of amides is 1. The van der Waals surface area contributed by atoms with Gasteiger partial charge in [-0.15, -0.1) is 0 Å². The summed E-state index contributed by atoms with van der Waals surface area (Å²) in [5.41, 5.74) is 2.83. The number of hydrogen-bond donors (Lipinski definition) is 2. The molecule has 1 aromatic carbocycles. The first-order chi connectivity index (χ1) is 21.0. The molecule has 1 aliphatic heterocycles. The number of morpholine rings is 1. The Labute approximate surface area is 262 Å². The number of carbonyl (C=O) groups excluding carboxylic acids is 1. The third-order valence-corrected chi connectivity index (χ3v) is 9.14. The number of anilines is 5. The van der Waals surface area contributed by atoms with Crippen LogP contribution < -0.4 is 25.2 Å². The summed E-state index contributed by atoms with van der Waals surface area (Å²) in [5.74, 6) is 1.53. The lowest BCUT2D eigenvalue weighted by molar-refractivity contribution is -0.111. The first-order valence-corrected chi connectivity index (χ1v) is 18.8. The van der Waals surface area contributed by atoms with Crippen LogP contribution in [0.2, 0.25) is 25.7 Å². The summed E-state index contributed by atoms with van der Waals surface area (Å²) in [6.45, 7) is 16.1. The number of fused-ring (bicyclic) bond motifs is 1. The Bertz CT molecular complexity index is 1430. The molecule has 3 aromatic rings. The van der Waals surface area contributed by atoms with Gasteiger partial charge in [0.15, 0.2) is 0 Å². The zero-order valence-electron chi connectivity index (χ0n) is 27.3. The minimum atomic E-state index is -1.20. The number of ether oxygens (including phenoxy) is 3. The van der Waals surface area contributed by atoms with Gasteiger partial charge in [-0.1, -0.05) is 26.2 Å². The van der Waals surface area contributed by atoms with Gasteiger partial charge in [-0.05, 0) is 38.3 Å². The molecule has 1 fully saturated rings. The minimum absolute atomic E-state index is 0.303. The van der Waals surface area contributed by atoms with Crippen LogP contribution >= 0.6 is 0 Å². The molecule has 0 saturated carbocycles. The Morgan fingerprint density at radius 1 is 1.14 bits per heavy atom. The normalized spacial score (nSPS) is 13.8. The Kier molecular flexibility index (Phi) is 11.2. The predicted octanol–water partition coefficient (Wildman–Crippen LogP) is 4.45. The maximum atomic E-state index is 12.4. The summed E-state index contributed by atoms with van der Waals surface area (Å²) in [5, 5.41) is 7.30. The van der Waals surface area contributed by atoms with Gasteiger partial charge < -0.3 is 44.1 Å². The van der Waals surface area contributed by atoms with Crippen molar-refractivity contribution in [2.24, 2.45) is 0 Å². The van der Waals surface area contributed by atoms with E-state index in [-0.39, 0.29) is 5.91 Å². The fourth-order valence-electron chi connectivity index (χ4n) is 4.79. The number of nitrogens with one attached hydrogen (secondary N) is 2. The van der Waals surface area contributed by atoms with Gasteiger partial charge in [0.05, 0.1) is 42.8 Å². The topological polar surface area (TPSA) is 109 Å². The fourth-order valence-corrected chi connectivity index (χ4v) is 5.55. The van der Waals surface area contributed by atoms with Gasteiger partial charge in [0, 0.05) is 60.2 Å². The fraction of sp³-hybridized carbons (Fsp3) is 0.516. The van der Waals surface area contributed by atoms with Crippen LogP contribution in [-0.2, 0) is 21.0 Å². The second kappa shape index (κ2) is 14.9. The summed E-state index contributed by atoms with van der Waals surface area (Å²) >= 11 is 0. The quantitative estimate of drug-likeness (QED) is 0.143. The average molecular weight is 625 g/mol. The van der Waals surface area contributed by atoms with Crippen LogP contribution in [0.25, 0.3) is 11.0 Å². The molecule has 0 bridgehead atoms. The van der Waals surface area contributed by atoms with Gasteiger partial charge in [-0.25, -0.2) is 0 Å². The van der Waals surface area contributed by atoms with E-state index >= 15 is 0 Å². The van der Waals surface area contributed by atoms with Crippen molar-refractivity contribution in [3.05, 3.63) is 37.1 Å². The molecule has 13 heteroatoms. The molecule has 3 heterocycles. The van der Waals surface area contributed by atoms with Gasteiger partial charge >= 0.3 is 0 Å². The Morgan fingerprint density at radius 3 is 2.55 bits per heavy atom. The van der Waals surface area contributed by atoms with Gasteiger partial charge in [-0.2, -0.15) is 9.97 Å². The van der Waals surface area contributed by atoms with Crippen molar-refractivity contribution >= 4 is 53.8 Å². The number of carbonyl (C=O) groups is 1. The van der Waals surface area contributed by atoms with E-state index < -0.39 is 8.07 Å².